The monoisotopic (exact) mass is 263 g/mol. The molecule has 0 saturated carbocycles. The lowest BCUT2D eigenvalue weighted by molar-refractivity contribution is -0.130. The molecule has 1 aromatic rings. The van der Waals surface area contributed by atoms with Crippen LogP contribution in [0.3, 0.4) is 0 Å². The molecule has 1 aromatic heterocycles. The van der Waals surface area contributed by atoms with Gasteiger partial charge in [0, 0.05) is 31.7 Å². The molecule has 0 spiro atoms. The standard InChI is InChI=1S/C9H13N3O2S.ClH/c1-12-3-5-15-9(12)11-8(13)7-6-10-2-4-14-7;/h3,5,7,10H,2,4,6H2,1H3;1H. The van der Waals surface area contributed by atoms with Crippen molar-refractivity contribution >= 4 is 29.7 Å². The Morgan fingerprint density at radius 2 is 2.56 bits per heavy atom. The van der Waals surface area contributed by atoms with Crippen molar-refractivity contribution in [2.24, 2.45) is 12.0 Å². The summed E-state index contributed by atoms with van der Waals surface area (Å²) in [7, 11) is 1.86. The Balaban J connectivity index is 0.00000128. The van der Waals surface area contributed by atoms with Crippen molar-refractivity contribution in [1.82, 2.24) is 9.88 Å². The molecule has 1 N–H and O–H groups in total. The number of ether oxygens (including phenoxy) is 1. The van der Waals surface area contributed by atoms with Gasteiger partial charge in [-0.05, 0) is 0 Å². The van der Waals surface area contributed by atoms with Gasteiger partial charge < -0.3 is 14.6 Å². The predicted molar refractivity (Wildman–Crippen MR) is 63.7 cm³/mol. The third-order valence-electron chi connectivity index (χ3n) is 2.17. The Labute approximate surface area is 104 Å². The van der Waals surface area contributed by atoms with E-state index in [0.29, 0.717) is 18.0 Å². The quantitative estimate of drug-likeness (QED) is 0.771. The molecule has 1 fully saturated rings. The predicted octanol–water partition coefficient (Wildman–Crippen LogP) is -0.0759. The van der Waals surface area contributed by atoms with Crippen molar-refractivity contribution in [3.63, 3.8) is 0 Å². The number of thiazole rings is 1. The van der Waals surface area contributed by atoms with E-state index in [1.54, 1.807) is 0 Å². The molecule has 0 radical (unpaired) electrons. The molecular formula is C9H14ClN3O2S. The van der Waals surface area contributed by atoms with Crippen LogP contribution in [0.1, 0.15) is 0 Å². The van der Waals surface area contributed by atoms with Crippen molar-refractivity contribution in [2.45, 2.75) is 6.10 Å². The smallest absolute Gasteiger partial charge is 0.278 e. The number of halogens is 1. The SMILES string of the molecule is Cl.Cn1ccsc1=NC(=O)C1CNCCO1. The first-order valence-corrected chi connectivity index (χ1v) is 5.66. The lowest BCUT2D eigenvalue weighted by Crippen LogP contribution is -2.43. The third-order valence-corrected chi connectivity index (χ3v) is 3.02. The van der Waals surface area contributed by atoms with E-state index in [0.717, 1.165) is 6.54 Å². The van der Waals surface area contributed by atoms with E-state index in [4.69, 9.17) is 4.74 Å². The lowest BCUT2D eigenvalue weighted by Gasteiger charge is -2.20. The van der Waals surface area contributed by atoms with Gasteiger partial charge in [0.2, 0.25) is 0 Å². The van der Waals surface area contributed by atoms with E-state index in [1.165, 1.54) is 11.3 Å². The van der Waals surface area contributed by atoms with Gasteiger partial charge in [-0.3, -0.25) is 4.79 Å². The zero-order valence-corrected chi connectivity index (χ0v) is 10.5. The number of hydrogen-bond donors (Lipinski definition) is 1. The summed E-state index contributed by atoms with van der Waals surface area (Å²) in [5, 5.41) is 5.00. The molecule has 1 amide bonds. The number of nitrogens with zero attached hydrogens (tertiary/aromatic N) is 2. The number of carbonyl (C=O) groups excluding carboxylic acids is 1. The summed E-state index contributed by atoms with van der Waals surface area (Å²) in [5.41, 5.74) is 0. The van der Waals surface area contributed by atoms with Crippen LogP contribution in [0.25, 0.3) is 0 Å². The first kappa shape index (κ1) is 13.4. The van der Waals surface area contributed by atoms with Crippen LogP contribution in [-0.2, 0) is 16.6 Å². The molecule has 1 atom stereocenters. The van der Waals surface area contributed by atoms with Crippen molar-refractivity contribution in [1.29, 1.82) is 0 Å². The summed E-state index contributed by atoms with van der Waals surface area (Å²) in [6.07, 6.45) is 1.44. The molecular weight excluding hydrogens is 250 g/mol. The van der Waals surface area contributed by atoms with Crippen LogP contribution in [0.4, 0.5) is 0 Å². The second-order valence-corrected chi connectivity index (χ2v) is 4.18. The van der Waals surface area contributed by atoms with Crippen molar-refractivity contribution < 1.29 is 9.53 Å². The maximum atomic E-state index is 11.7. The lowest BCUT2D eigenvalue weighted by atomic mass is 10.3. The van der Waals surface area contributed by atoms with Crippen LogP contribution >= 0.6 is 23.7 Å². The average molecular weight is 264 g/mol. The number of aromatic nitrogens is 1. The van der Waals surface area contributed by atoms with Crippen LogP contribution < -0.4 is 10.1 Å². The minimum atomic E-state index is -0.430. The largest absolute Gasteiger partial charge is 0.366 e. The zero-order valence-electron chi connectivity index (χ0n) is 8.88. The summed E-state index contributed by atoms with van der Waals surface area (Å²) >= 11 is 1.44. The highest BCUT2D eigenvalue weighted by molar-refractivity contribution is 7.07. The zero-order chi connectivity index (χ0) is 10.7. The minimum absolute atomic E-state index is 0. The molecule has 1 aliphatic rings. The van der Waals surface area contributed by atoms with E-state index in [2.05, 4.69) is 10.3 Å². The Morgan fingerprint density at radius 3 is 3.12 bits per heavy atom. The normalized spacial score (nSPS) is 21.6. The average Bonchev–Trinajstić information content (AvgIpc) is 2.66. The number of amides is 1. The van der Waals surface area contributed by atoms with Crippen LogP contribution in [-0.4, -0.2) is 36.3 Å². The summed E-state index contributed by atoms with van der Waals surface area (Å²) < 4.78 is 7.14. The van der Waals surface area contributed by atoms with Gasteiger partial charge >= 0.3 is 0 Å². The Hall–Kier alpha value is -0.690. The van der Waals surface area contributed by atoms with E-state index in [9.17, 15) is 4.79 Å². The van der Waals surface area contributed by atoms with E-state index >= 15 is 0 Å². The molecule has 16 heavy (non-hydrogen) atoms. The molecule has 0 bridgehead atoms. The molecule has 1 unspecified atom stereocenters. The van der Waals surface area contributed by atoms with Gasteiger partial charge in [0.25, 0.3) is 5.91 Å². The van der Waals surface area contributed by atoms with Crippen molar-refractivity contribution in [2.75, 3.05) is 19.7 Å². The first-order valence-electron chi connectivity index (χ1n) is 4.78. The summed E-state index contributed by atoms with van der Waals surface area (Å²) in [6.45, 7) is 1.93. The topological polar surface area (TPSA) is 55.6 Å². The summed E-state index contributed by atoms with van der Waals surface area (Å²) in [6, 6.07) is 0. The van der Waals surface area contributed by atoms with Gasteiger partial charge in [-0.1, -0.05) is 0 Å². The maximum Gasteiger partial charge on any atom is 0.278 e. The van der Waals surface area contributed by atoms with Crippen molar-refractivity contribution in [3.8, 4) is 0 Å². The second kappa shape index (κ2) is 6.15. The second-order valence-electron chi connectivity index (χ2n) is 3.31. The number of aryl methyl sites for hydroxylation is 1. The molecule has 0 aliphatic carbocycles. The number of rotatable bonds is 1. The van der Waals surface area contributed by atoms with Gasteiger partial charge in [-0.15, -0.1) is 23.7 Å². The first-order chi connectivity index (χ1) is 7.27. The third kappa shape index (κ3) is 3.15. The number of nitrogens with one attached hydrogen (secondary N) is 1. The highest BCUT2D eigenvalue weighted by atomic mass is 35.5. The van der Waals surface area contributed by atoms with E-state index < -0.39 is 6.10 Å². The number of morpholine rings is 1. The molecule has 0 aromatic carbocycles. The van der Waals surface area contributed by atoms with E-state index in [1.807, 2.05) is 23.2 Å². The van der Waals surface area contributed by atoms with Crippen LogP contribution in [0, 0.1) is 0 Å². The molecule has 7 heteroatoms. The van der Waals surface area contributed by atoms with Crippen LogP contribution in [0.5, 0.6) is 0 Å². The molecule has 2 heterocycles. The molecule has 2 rings (SSSR count). The molecule has 5 nitrogen and oxygen atoms in total. The molecule has 1 aliphatic heterocycles. The Kier molecular flexibility index (Phi) is 5.14. The fourth-order valence-corrected chi connectivity index (χ4v) is 2.06. The van der Waals surface area contributed by atoms with E-state index in [-0.39, 0.29) is 18.3 Å². The fraction of sp³-hybridized carbons (Fsp3) is 0.556. The number of hydrogen-bond acceptors (Lipinski definition) is 4. The Morgan fingerprint density at radius 1 is 1.75 bits per heavy atom. The van der Waals surface area contributed by atoms with Crippen LogP contribution in [0.2, 0.25) is 0 Å². The van der Waals surface area contributed by atoms with Crippen molar-refractivity contribution in [3.05, 3.63) is 16.4 Å². The molecule has 90 valence electrons. The number of carbonyl (C=O) groups is 1. The van der Waals surface area contributed by atoms with Gasteiger partial charge in [0.05, 0.1) is 6.61 Å². The minimum Gasteiger partial charge on any atom is -0.366 e. The summed E-state index contributed by atoms with van der Waals surface area (Å²) in [5.74, 6) is -0.208. The van der Waals surface area contributed by atoms with Gasteiger partial charge in [0.15, 0.2) is 10.9 Å². The van der Waals surface area contributed by atoms with Gasteiger partial charge in [-0.25, -0.2) is 0 Å². The Bertz CT molecular complexity index is 409. The fourth-order valence-electron chi connectivity index (χ4n) is 1.32. The van der Waals surface area contributed by atoms with Gasteiger partial charge in [0.1, 0.15) is 0 Å². The summed E-state index contributed by atoms with van der Waals surface area (Å²) in [4.78, 5) is 16.4. The highest BCUT2D eigenvalue weighted by Crippen LogP contribution is 1.98. The van der Waals surface area contributed by atoms with Crippen LogP contribution in [0.15, 0.2) is 16.6 Å². The van der Waals surface area contributed by atoms with Gasteiger partial charge in [-0.2, -0.15) is 4.99 Å². The highest BCUT2D eigenvalue weighted by Gasteiger charge is 2.21. The maximum absolute atomic E-state index is 11.7. The molecule has 1 saturated heterocycles.